The molecule has 0 spiro atoms. The van der Waals surface area contributed by atoms with Crippen molar-refractivity contribution < 1.29 is 14.3 Å². The minimum atomic E-state index is -0.780. The topological polar surface area (TPSA) is 85.2 Å². The molecule has 9 heteroatoms. The summed E-state index contributed by atoms with van der Waals surface area (Å²) in [5.74, 6) is -0.0878. The molecular weight excluding hydrogens is 439 g/mol. The molecule has 2 N–H and O–H groups in total. The summed E-state index contributed by atoms with van der Waals surface area (Å²) in [6.45, 7) is 2.07. The van der Waals surface area contributed by atoms with Crippen molar-refractivity contribution in [3.8, 4) is 11.1 Å². The zero-order valence-corrected chi connectivity index (χ0v) is 18.4. The number of halogens is 2. The van der Waals surface area contributed by atoms with Gasteiger partial charge in [-0.1, -0.05) is 41.4 Å². The molecule has 2 heterocycles. The van der Waals surface area contributed by atoms with E-state index < -0.39 is 6.04 Å². The van der Waals surface area contributed by atoms with Gasteiger partial charge in [-0.05, 0) is 42.3 Å². The molecule has 4 rings (SSSR count). The minimum Gasteiger partial charge on any atom is -0.378 e. The lowest BCUT2D eigenvalue weighted by atomic mass is 10.1. The van der Waals surface area contributed by atoms with Crippen LogP contribution in [0.4, 0.5) is 11.5 Å². The molecule has 1 aliphatic rings. The van der Waals surface area contributed by atoms with Crippen LogP contribution in [0, 0.1) is 6.92 Å². The molecule has 7 nitrogen and oxygen atoms in total. The van der Waals surface area contributed by atoms with Crippen LogP contribution >= 0.6 is 23.2 Å². The van der Waals surface area contributed by atoms with Crippen molar-refractivity contribution >= 4 is 46.5 Å². The maximum atomic E-state index is 12.7. The molecular formula is C22H20Cl2N4O3. The number of aromatic nitrogens is 2. The smallest absolute Gasteiger partial charge is 0.251 e. The van der Waals surface area contributed by atoms with E-state index in [-0.39, 0.29) is 24.8 Å². The van der Waals surface area contributed by atoms with Crippen molar-refractivity contribution in [3.63, 3.8) is 0 Å². The van der Waals surface area contributed by atoms with Gasteiger partial charge in [-0.15, -0.1) is 0 Å². The molecule has 2 amide bonds. The Balaban J connectivity index is 1.64. The number of benzene rings is 2. The average molecular weight is 459 g/mol. The van der Waals surface area contributed by atoms with E-state index in [1.807, 2.05) is 19.1 Å². The van der Waals surface area contributed by atoms with Gasteiger partial charge in [0.1, 0.15) is 11.9 Å². The van der Waals surface area contributed by atoms with Gasteiger partial charge in [0.05, 0.1) is 18.7 Å². The lowest BCUT2D eigenvalue weighted by Gasteiger charge is -2.12. The number of carbonyl (C=O) groups excluding carboxylic acids is 2. The highest BCUT2D eigenvalue weighted by atomic mass is 35.5. The average Bonchev–Trinajstić information content (AvgIpc) is 3.21. The van der Waals surface area contributed by atoms with Gasteiger partial charge < -0.3 is 15.4 Å². The number of hydrogen-bond acceptors (Lipinski definition) is 4. The molecule has 31 heavy (non-hydrogen) atoms. The fourth-order valence-corrected chi connectivity index (χ4v) is 3.99. The van der Waals surface area contributed by atoms with Crippen LogP contribution in [0.1, 0.15) is 23.7 Å². The number of ether oxygens (including phenoxy) is 1. The molecule has 2 aromatic carbocycles. The number of fused-ring (bicyclic) bond motifs is 1. The lowest BCUT2D eigenvalue weighted by molar-refractivity contribution is -0.123. The van der Waals surface area contributed by atoms with Crippen molar-refractivity contribution in [1.29, 1.82) is 0 Å². The highest BCUT2D eigenvalue weighted by molar-refractivity contribution is 6.32. The van der Waals surface area contributed by atoms with Crippen molar-refractivity contribution in [2.45, 2.75) is 26.0 Å². The first-order valence-corrected chi connectivity index (χ1v) is 10.4. The number of rotatable bonds is 6. The van der Waals surface area contributed by atoms with Crippen LogP contribution in [0.25, 0.3) is 11.1 Å². The normalized spacial score (nSPS) is 15.0. The van der Waals surface area contributed by atoms with Crippen LogP contribution in [0.15, 0.2) is 42.5 Å². The summed E-state index contributed by atoms with van der Waals surface area (Å²) in [5.41, 5.74) is 3.55. The van der Waals surface area contributed by atoms with Crippen LogP contribution in [0.3, 0.4) is 0 Å². The third-order valence-electron chi connectivity index (χ3n) is 5.14. The number of amides is 2. The molecule has 1 atom stereocenters. The Morgan fingerprint density at radius 3 is 2.77 bits per heavy atom. The highest BCUT2D eigenvalue weighted by Crippen LogP contribution is 2.39. The summed E-state index contributed by atoms with van der Waals surface area (Å²) in [4.78, 5) is 25.4. The number of hydrogen-bond donors (Lipinski definition) is 2. The minimum absolute atomic E-state index is 0.0755. The Hall–Kier alpha value is -2.87. The van der Waals surface area contributed by atoms with Gasteiger partial charge in [-0.3, -0.25) is 9.59 Å². The molecule has 0 fully saturated rings. The Labute approximate surface area is 189 Å². The van der Waals surface area contributed by atoms with Gasteiger partial charge in [0, 0.05) is 28.4 Å². The highest BCUT2D eigenvalue weighted by Gasteiger charge is 2.37. The standard InChI is InChI=1S/C22H20Cl2N4O3/c1-12-15(24)7-4-8-16(12)25-19(29)10-18-22(30)26-21-20(13-5-3-6-14(23)9-13)17(11-31-2)27-28(18)21/h3-9,18H,10-11H2,1-2H3,(H,25,29)(H,26,30). The third kappa shape index (κ3) is 4.17. The number of methoxy groups -OCH3 is 1. The van der Waals surface area contributed by atoms with E-state index in [9.17, 15) is 9.59 Å². The van der Waals surface area contributed by atoms with Crippen LogP contribution < -0.4 is 10.6 Å². The summed E-state index contributed by atoms with van der Waals surface area (Å²) in [6.07, 6.45) is -0.0755. The predicted molar refractivity (Wildman–Crippen MR) is 120 cm³/mol. The second kappa shape index (κ2) is 8.70. The molecule has 0 saturated carbocycles. The molecule has 1 aromatic heterocycles. The van der Waals surface area contributed by atoms with Crippen molar-refractivity contribution in [2.75, 3.05) is 17.7 Å². The van der Waals surface area contributed by atoms with Crippen LogP contribution in [-0.2, 0) is 20.9 Å². The molecule has 0 bridgehead atoms. The number of nitrogens with zero attached hydrogens (tertiary/aromatic N) is 2. The van der Waals surface area contributed by atoms with Gasteiger partial charge in [-0.2, -0.15) is 5.10 Å². The van der Waals surface area contributed by atoms with Gasteiger partial charge in [-0.25, -0.2) is 4.68 Å². The molecule has 160 valence electrons. The summed E-state index contributed by atoms with van der Waals surface area (Å²) < 4.78 is 6.84. The summed E-state index contributed by atoms with van der Waals surface area (Å²) in [7, 11) is 1.57. The molecule has 1 aliphatic heterocycles. The predicted octanol–water partition coefficient (Wildman–Crippen LogP) is 4.83. The Morgan fingerprint density at radius 1 is 1.26 bits per heavy atom. The maximum absolute atomic E-state index is 12.7. The van der Waals surface area contributed by atoms with E-state index in [1.54, 1.807) is 42.1 Å². The molecule has 0 radical (unpaired) electrons. The van der Waals surface area contributed by atoms with E-state index >= 15 is 0 Å². The molecule has 1 unspecified atom stereocenters. The first-order chi connectivity index (χ1) is 14.9. The van der Waals surface area contributed by atoms with Crippen LogP contribution in [-0.4, -0.2) is 28.7 Å². The van der Waals surface area contributed by atoms with Crippen molar-refractivity contribution in [3.05, 3.63) is 63.8 Å². The second-order valence-corrected chi connectivity index (χ2v) is 8.07. The Bertz CT molecular complexity index is 1180. The fourth-order valence-electron chi connectivity index (χ4n) is 3.62. The fraction of sp³-hybridized carbons (Fsp3) is 0.227. The van der Waals surface area contributed by atoms with E-state index in [1.165, 1.54) is 0 Å². The molecule has 3 aromatic rings. The first-order valence-electron chi connectivity index (χ1n) is 9.61. The van der Waals surface area contributed by atoms with E-state index in [0.717, 1.165) is 16.7 Å². The quantitative estimate of drug-likeness (QED) is 0.553. The first kappa shape index (κ1) is 21.4. The van der Waals surface area contributed by atoms with Crippen LogP contribution in [0.2, 0.25) is 10.0 Å². The van der Waals surface area contributed by atoms with Crippen molar-refractivity contribution in [1.82, 2.24) is 9.78 Å². The van der Waals surface area contributed by atoms with Gasteiger partial charge >= 0.3 is 0 Å². The van der Waals surface area contributed by atoms with E-state index in [0.29, 0.717) is 27.2 Å². The lowest BCUT2D eigenvalue weighted by Crippen LogP contribution is -2.24. The second-order valence-electron chi connectivity index (χ2n) is 7.23. The van der Waals surface area contributed by atoms with Gasteiger partial charge in [0.2, 0.25) is 5.91 Å². The summed E-state index contributed by atoms with van der Waals surface area (Å²) >= 11 is 12.3. The third-order valence-corrected chi connectivity index (χ3v) is 5.78. The number of anilines is 2. The molecule has 0 aliphatic carbocycles. The van der Waals surface area contributed by atoms with Crippen LogP contribution in [0.5, 0.6) is 0 Å². The van der Waals surface area contributed by atoms with Crippen molar-refractivity contribution in [2.24, 2.45) is 0 Å². The summed E-state index contributed by atoms with van der Waals surface area (Å²) in [5, 5.41) is 11.4. The van der Waals surface area contributed by atoms with E-state index in [2.05, 4.69) is 15.7 Å². The Kier molecular flexibility index (Phi) is 6.00. The van der Waals surface area contributed by atoms with Gasteiger partial charge in [0.25, 0.3) is 5.91 Å². The SMILES string of the molecule is COCc1nn2c(c1-c1cccc(Cl)c1)NC(=O)C2CC(=O)Nc1cccc(Cl)c1C. The summed E-state index contributed by atoms with van der Waals surface area (Å²) in [6, 6.07) is 11.8. The van der Waals surface area contributed by atoms with Gasteiger partial charge in [0.15, 0.2) is 0 Å². The number of carbonyl (C=O) groups is 2. The Morgan fingerprint density at radius 2 is 2.03 bits per heavy atom. The van der Waals surface area contributed by atoms with E-state index in [4.69, 9.17) is 27.9 Å². The number of nitrogens with one attached hydrogen (secondary N) is 2. The largest absolute Gasteiger partial charge is 0.378 e. The maximum Gasteiger partial charge on any atom is 0.251 e. The monoisotopic (exact) mass is 458 g/mol. The zero-order chi connectivity index (χ0) is 22.1. The zero-order valence-electron chi connectivity index (χ0n) is 16.9. The molecule has 0 saturated heterocycles.